The molecule has 0 fully saturated rings. The summed E-state index contributed by atoms with van der Waals surface area (Å²) in [6.45, 7) is 1.16. The fraction of sp³-hybridized carbons (Fsp3) is 0.0833. The quantitative estimate of drug-likeness (QED) is 0.392. The molecule has 0 spiro atoms. The van der Waals surface area contributed by atoms with Gasteiger partial charge in [-0.05, 0) is 53.7 Å². The molecule has 0 saturated carbocycles. The van der Waals surface area contributed by atoms with Crippen molar-refractivity contribution in [3.05, 3.63) is 102 Å². The topological polar surface area (TPSA) is 66.3 Å². The minimum absolute atomic E-state index is 0.326. The summed E-state index contributed by atoms with van der Waals surface area (Å²) in [4.78, 5) is 11.5. The Morgan fingerprint density at radius 3 is 2.53 bits per heavy atom. The predicted molar refractivity (Wildman–Crippen MR) is 124 cm³/mol. The summed E-state index contributed by atoms with van der Waals surface area (Å²) in [6, 6.07) is 25.2. The van der Waals surface area contributed by atoms with Crippen molar-refractivity contribution in [3.8, 4) is 0 Å². The van der Waals surface area contributed by atoms with E-state index in [9.17, 15) is 9.90 Å². The Labute approximate surface area is 180 Å². The highest BCUT2D eigenvalue weighted by molar-refractivity contribution is 7.80. The Balaban J connectivity index is 1.46. The Bertz CT molecular complexity index is 1200. The lowest BCUT2D eigenvalue weighted by Gasteiger charge is -2.12. The van der Waals surface area contributed by atoms with Gasteiger partial charge in [0.1, 0.15) is 0 Å². The van der Waals surface area contributed by atoms with Gasteiger partial charge in [0, 0.05) is 35.9 Å². The summed E-state index contributed by atoms with van der Waals surface area (Å²) in [5, 5.41) is 17.5. The third-order valence-electron chi connectivity index (χ3n) is 4.91. The van der Waals surface area contributed by atoms with Gasteiger partial charge in [0.2, 0.25) is 0 Å². The second-order valence-corrected chi connectivity index (χ2v) is 7.38. The van der Waals surface area contributed by atoms with Crippen molar-refractivity contribution < 1.29 is 9.90 Å². The molecule has 0 aliphatic carbocycles. The summed E-state index contributed by atoms with van der Waals surface area (Å²) >= 11 is 5.41. The van der Waals surface area contributed by atoms with Gasteiger partial charge in [0.15, 0.2) is 5.11 Å². The number of aromatic nitrogens is 1. The molecule has 150 valence electrons. The third kappa shape index (κ3) is 4.50. The number of anilines is 1. The summed E-state index contributed by atoms with van der Waals surface area (Å²) in [5.41, 5.74) is 4.19. The maximum atomic E-state index is 11.5. The van der Waals surface area contributed by atoms with Crippen LogP contribution in [-0.4, -0.2) is 20.8 Å². The molecule has 3 N–H and O–H groups in total. The number of aromatic carboxylic acids is 1. The molecule has 0 amide bonds. The molecular formula is C24H21N3O2S. The fourth-order valence-corrected chi connectivity index (χ4v) is 3.61. The first-order chi connectivity index (χ1) is 14.6. The van der Waals surface area contributed by atoms with Gasteiger partial charge in [-0.2, -0.15) is 0 Å². The first-order valence-electron chi connectivity index (χ1n) is 9.59. The number of carbonyl (C=O) groups is 1. The van der Waals surface area contributed by atoms with Crippen LogP contribution in [0.4, 0.5) is 5.69 Å². The maximum absolute atomic E-state index is 11.5. The number of thiocarbonyl (C=S) groups is 1. The van der Waals surface area contributed by atoms with E-state index in [1.54, 1.807) is 12.1 Å². The Hall–Kier alpha value is -3.64. The number of benzene rings is 3. The Morgan fingerprint density at radius 1 is 0.967 bits per heavy atom. The standard InChI is InChI=1S/C24H21N3O2S/c28-23(29)21-9-5-4-8-19(21)16-27-13-12-18-14-20(10-11-22(18)27)26-24(30)25-15-17-6-2-1-3-7-17/h1-14H,15-16H2,(H,28,29)(H2,25,26,30). The number of hydrogen-bond donors (Lipinski definition) is 3. The fourth-order valence-electron chi connectivity index (χ4n) is 3.42. The van der Waals surface area contributed by atoms with E-state index in [1.165, 1.54) is 0 Å². The van der Waals surface area contributed by atoms with E-state index < -0.39 is 5.97 Å². The molecule has 30 heavy (non-hydrogen) atoms. The van der Waals surface area contributed by atoms with Crippen molar-refractivity contribution in [2.45, 2.75) is 13.1 Å². The van der Waals surface area contributed by atoms with Crippen molar-refractivity contribution in [2.24, 2.45) is 0 Å². The average molecular weight is 416 g/mol. The van der Waals surface area contributed by atoms with E-state index in [0.717, 1.165) is 27.7 Å². The third-order valence-corrected chi connectivity index (χ3v) is 5.16. The van der Waals surface area contributed by atoms with Crippen molar-refractivity contribution >= 4 is 39.9 Å². The lowest BCUT2D eigenvalue weighted by molar-refractivity contribution is 0.0695. The molecule has 0 radical (unpaired) electrons. The van der Waals surface area contributed by atoms with E-state index in [-0.39, 0.29) is 0 Å². The van der Waals surface area contributed by atoms with Crippen LogP contribution >= 0.6 is 12.2 Å². The molecule has 4 aromatic rings. The summed E-state index contributed by atoms with van der Waals surface area (Å²) in [5.74, 6) is -0.912. The van der Waals surface area contributed by atoms with E-state index in [1.807, 2.05) is 77.5 Å². The van der Waals surface area contributed by atoms with Crippen molar-refractivity contribution in [1.29, 1.82) is 0 Å². The normalized spacial score (nSPS) is 10.7. The van der Waals surface area contributed by atoms with Gasteiger partial charge in [0.25, 0.3) is 0 Å². The molecule has 6 heteroatoms. The summed E-state index contributed by atoms with van der Waals surface area (Å²) in [6.07, 6.45) is 1.97. The summed E-state index contributed by atoms with van der Waals surface area (Å²) in [7, 11) is 0. The summed E-state index contributed by atoms with van der Waals surface area (Å²) < 4.78 is 2.05. The second kappa shape index (κ2) is 8.80. The minimum atomic E-state index is -0.912. The van der Waals surface area contributed by atoms with Gasteiger partial charge in [-0.15, -0.1) is 0 Å². The number of nitrogens with one attached hydrogen (secondary N) is 2. The number of rotatable bonds is 6. The van der Waals surface area contributed by atoms with E-state index in [4.69, 9.17) is 12.2 Å². The molecule has 4 rings (SSSR count). The number of fused-ring (bicyclic) bond motifs is 1. The van der Waals surface area contributed by atoms with Crippen molar-refractivity contribution in [1.82, 2.24) is 9.88 Å². The highest BCUT2D eigenvalue weighted by Gasteiger charge is 2.11. The van der Waals surface area contributed by atoms with E-state index in [0.29, 0.717) is 23.8 Å². The predicted octanol–water partition coefficient (Wildman–Crippen LogP) is 4.87. The zero-order valence-corrected chi connectivity index (χ0v) is 17.0. The zero-order valence-electron chi connectivity index (χ0n) is 16.2. The van der Waals surface area contributed by atoms with Gasteiger partial charge in [-0.1, -0.05) is 48.5 Å². The monoisotopic (exact) mass is 415 g/mol. The van der Waals surface area contributed by atoms with Crippen LogP contribution in [-0.2, 0) is 13.1 Å². The van der Waals surface area contributed by atoms with Gasteiger partial charge in [-0.25, -0.2) is 4.79 Å². The number of carboxylic acids is 1. The second-order valence-electron chi connectivity index (χ2n) is 6.97. The van der Waals surface area contributed by atoms with Gasteiger partial charge in [0.05, 0.1) is 5.56 Å². The van der Waals surface area contributed by atoms with E-state index in [2.05, 4.69) is 10.6 Å². The van der Waals surface area contributed by atoms with Crippen LogP contribution in [0.3, 0.4) is 0 Å². The molecular weight excluding hydrogens is 394 g/mol. The van der Waals surface area contributed by atoms with Crippen molar-refractivity contribution in [3.63, 3.8) is 0 Å². The van der Waals surface area contributed by atoms with Crippen LogP contribution in [0.5, 0.6) is 0 Å². The molecule has 0 bridgehead atoms. The van der Waals surface area contributed by atoms with Crippen LogP contribution in [0, 0.1) is 0 Å². The molecule has 0 atom stereocenters. The van der Waals surface area contributed by atoms with Gasteiger partial charge >= 0.3 is 5.97 Å². The van der Waals surface area contributed by atoms with Crippen LogP contribution in [0.1, 0.15) is 21.5 Å². The van der Waals surface area contributed by atoms with Crippen LogP contribution in [0.15, 0.2) is 85.1 Å². The first-order valence-corrected chi connectivity index (χ1v) is 10.00. The Kier molecular flexibility index (Phi) is 5.77. The smallest absolute Gasteiger partial charge is 0.336 e. The van der Waals surface area contributed by atoms with Crippen LogP contribution < -0.4 is 10.6 Å². The molecule has 0 aliphatic rings. The first kappa shape index (κ1) is 19.7. The Morgan fingerprint density at radius 2 is 1.73 bits per heavy atom. The lowest BCUT2D eigenvalue weighted by Crippen LogP contribution is -2.27. The van der Waals surface area contributed by atoms with Crippen molar-refractivity contribution in [2.75, 3.05) is 5.32 Å². The molecule has 3 aromatic carbocycles. The van der Waals surface area contributed by atoms with E-state index >= 15 is 0 Å². The number of hydrogen-bond acceptors (Lipinski definition) is 2. The molecule has 1 heterocycles. The van der Waals surface area contributed by atoms with Crippen LogP contribution in [0.2, 0.25) is 0 Å². The van der Waals surface area contributed by atoms with Gasteiger partial charge < -0.3 is 20.3 Å². The van der Waals surface area contributed by atoms with Crippen LogP contribution in [0.25, 0.3) is 10.9 Å². The van der Waals surface area contributed by atoms with Gasteiger partial charge in [-0.3, -0.25) is 0 Å². The zero-order chi connectivity index (χ0) is 20.9. The maximum Gasteiger partial charge on any atom is 0.336 e. The molecule has 5 nitrogen and oxygen atoms in total. The minimum Gasteiger partial charge on any atom is -0.478 e. The number of nitrogens with zero attached hydrogens (tertiary/aromatic N) is 1. The number of carboxylic acid groups (broad SMARTS) is 1. The highest BCUT2D eigenvalue weighted by Crippen LogP contribution is 2.22. The molecule has 0 saturated heterocycles. The SMILES string of the molecule is O=C(O)c1ccccc1Cn1ccc2cc(NC(=S)NCc3ccccc3)ccc21. The highest BCUT2D eigenvalue weighted by atomic mass is 32.1. The molecule has 0 unspecified atom stereocenters. The molecule has 1 aromatic heterocycles. The largest absolute Gasteiger partial charge is 0.478 e. The molecule has 0 aliphatic heterocycles. The average Bonchev–Trinajstić information content (AvgIpc) is 3.15. The lowest BCUT2D eigenvalue weighted by atomic mass is 10.1.